The van der Waals surface area contributed by atoms with Gasteiger partial charge in [0, 0.05) is 45.3 Å². The van der Waals surface area contributed by atoms with Crippen LogP contribution in [0.4, 0.5) is 0 Å². The lowest BCUT2D eigenvalue weighted by Crippen LogP contribution is -2.56. The summed E-state index contributed by atoms with van der Waals surface area (Å²) >= 11 is 1.78. The van der Waals surface area contributed by atoms with E-state index >= 15 is 0 Å². The molecule has 0 spiro atoms. The second-order valence-electron chi connectivity index (χ2n) is 7.32. The number of rotatable bonds is 5. The number of amides is 1. The first kappa shape index (κ1) is 17.9. The highest BCUT2D eigenvalue weighted by atomic mass is 32.1. The van der Waals surface area contributed by atoms with Gasteiger partial charge in [-0.2, -0.15) is 11.3 Å². The van der Waals surface area contributed by atoms with E-state index in [9.17, 15) is 4.79 Å². The molecule has 0 radical (unpaired) electrons. The fraction of sp³-hybridized carbons (Fsp3) is 0.737. The molecular weight excluding hydrogens is 318 g/mol. The van der Waals surface area contributed by atoms with Crippen LogP contribution < -0.4 is 0 Å². The Morgan fingerprint density at radius 2 is 1.71 bits per heavy atom. The molecule has 0 saturated carbocycles. The van der Waals surface area contributed by atoms with Crippen LogP contribution in [0.3, 0.4) is 0 Å². The molecule has 2 aliphatic heterocycles. The third-order valence-corrected chi connectivity index (χ3v) is 6.39. The summed E-state index contributed by atoms with van der Waals surface area (Å²) in [6, 6.07) is 2.85. The summed E-state index contributed by atoms with van der Waals surface area (Å²) < 4.78 is 0. The van der Waals surface area contributed by atoms with Gasteiger partial charge in [-0.15, -0.1) is 0 Å². The van der Waals surface area contributed by atoms with Gasteiger partial charge in [0.05, 0.1) is 6.04 Å². The summed E-state index contributed by atoms with van der Waals surface area (Å²) in [7, 11) is 0. The molecule has 24 heavy (non-hydrogen) atoms. The highest BCUT2D eigenvalue weighted by molar-refractivity contribution is 7.07. The van der Waals surface area contributed by atoms with E-state index in [1.54, 1.807) is 11.3 Å². The lowest BCUT2D eigenvalue weighted by molar-refractivity contribution is -0.138. The Balaban J connectivity index is 1.46. The van der Waals surface area contributed by atoms with E-state index in [2.05, 4.69) is 45.4 Å². The van der Waals surface area contributed by atoms with Crippen LogP contribution in [0.15, 0.2) is 16.8 Å². The molecule has 1 aromatic heterocycles. The van der Waals surface area contributed by atoms with E-state index in [4.69, 9.17) is 0 Å². The smallest absolute Gasteiger partial charge is 0.239 e. The number of carbonyl (C=O) groups excluding carboxylic acids is 1. The summed E-state index contributed by atoms with van der Waals surface area (Å²) in [6.45, 7) is 10.5. The van der Waals surface area contributed by atoms with Gasteiger partial charge in [-0.3, -0.25) is 14.6 Å². The van der Waals surface area contributed by atoms with Crippen molar-refractivity contribution in [3.8, 4) is 0 Å². The molecule has 1 aromatic rings. The number of nitrogens with zero attached hydrogens (tertiary/aromatic N) is 3. The number of hydrogen-bond acceptors (Lipinski definition) is 4. The van der Waals surface area contributed by atoms with Crippen LogP contribution in [0.2, 0.25) is 0 Å². The van der Waals surface area contributed by atoms with Gasteiger partial charge in [0.25, 0.3) is 0 Å². The molecule has 0 aliphatic carbocycles. The van der Waals surface area contributed by atoms with Crippen molar-refractivity contribution in [2.45, 2.75) is 51.6 Å². The van der Waals surface area contributed by atoms with E-state index in [0.717, 1.165) is 45.7 Å². The largest absolute Gasteiger partial charge is 0.341 e. The first-order valence-electron chi connectivity index (χ1n) is 9.43. The maximum Gasteiger partial charge on any atom is 0.239 e. The lowest BCUT2D eigenvalue weighted by atomic mass is 10.1. The highest BCUT2D eigenvalue weighted by Crippen LogP contribution is 2.17. The van der Waals surface area contributed by atoms with E-state index in [1.807, 2.05) is 0 Å². The van der Waals surface area contributed by atoms with E-state index < -0.39 is 0 Å². The SMILES string of the molecule is CC(Cc1ccsc1)N1CCN(C(C)C(=O)N2CCCCC2)CC1. The fourth-order valence-corrected chi connectivity index (χ4v) is 4.66. The number of piperazine rings is 1. The van der Waals surface area contributed by atoms with Crippen molar-refractivity contribution < 1.29 is 4.79 Å². The fourth-order valence-electron chi connectivity index (χ4n) is 3.98. The molecule has 134 valence electrons. The van der Waals surface area contributed by atoms with E-state index in [1.165, 1.54) is 24.8 Å². The van der Waals surface area contributed by atoms with Crippen LogP contribution in [0, 0.1) is 0 Å². The molecule has 0 aromatic carbocycles. The zero-order valence-corrected chi connectivity index (χ0v) is 15.9. The van der Waals surface area contributed by atoms with Crippen molar-refractivity contribution in [1.29, 1.82) is 0 Å². The quantitative estimate of drug-likeness (QED) is 0.818. The Morgan fingerprint density at radius 1 is 1.04 bits per heavy atom. The summed E-state index contributed by atoms with van der Waals surface area (Å²) in [5, 5.41) is 4.42. The first-order valence-corrected chi connectivity index (χ1v) is 10.4. The molecule has 1 amide bonds. The van der Waals surface area contributed by atoms with Gasteiger partial charge < -0.3 is 4.90 Å². The molecule has 4 nitrogen and oxygen atoms in total. The van der Waals surface area contributed by atoms with Gasteiger partial charge in [0.1, 0.15) is 0 Å². The normalized spacial score (nSPS) is 23.2. The zero-order valence-electron chi connectivity index (χ0n) is 15.1. The molecule has 2 unspecified atom stereocenters. The number of piperidine rings is 1. The summed E-state index contributed by atoms with van der Waals surface area (Å²) in [4.78, 5) is 19.7. The first-order chi connectivity index (χ1) is 11.6. The number of hydrogen-bond donors (Lipinski definition) is 0. The van der Waals surface area contributed by atoms with Crippen molar-refractivity contribution in [2.75, 3.05) is 39.3 Å². The van der Waals surface area contributed by atoms with Crippen LogP contribution in [0.25, 0.3) is 0 Å². The Kier molecular flexibility index (Phi) is 6.31. The van der Waals surface area contributed by atoms with Gasteiger partial charge in [-0.25, -0.2) is 0 Å². The van der Waals surface area contributed by atoms with Gasteiger partial charge >= 0.3 is 0 Å². The maximum absolute atomic E-state index is 12.7. The van der Waals surface area contributed by atoms with Crippen molar-refractivity contribution in [3.05, 3.63) is 22.4 Å². The molecule has 2 saturated heterocycles. The van der Waals surface area contributed by atoms with Crippen molar-refractivity contribution in [2.24, 2.45) is 0 Å². The molecule has 0 bridgehead atoms. The standard InChI is InChI=1S/C19H31N3OS/c1-16(14-18-6-13-24-15-18)20-9-11-21(12-10-20)17(2)19(23)22-7-4-3-5-8-22/h6,13,15-17H,3-5,7-12,14H2,1-2H3. The monoisotopic (exact) mass is 349 g/mol. The molecule has 2 aliphatic rings. The highest BCUT2D eigenvalue weighted by Gasteiger charge is 2.30. The molecule has 5 heteroatoms. The van der Waals surface area contributed by atoms with E-state index in [-0.39, 0.29) is 6.04 Å². The summed E-state index contributed by atoms with van der Waals surface area (Å²) in [6.07, 6.45) is 4.75. The topological polar surface area (TPSA) is 26.8 Å². The van der Waals surface area contributed by atoms with Crippen LogP contribution in [-0.2, 0) is 11.2 Å². The number of likely N-dealkylation sites (tertiary alicyclic amines) is 1. The summed E-state index contributed by atoms with van der Waals surface area (Å²) in [5.41, 5.74) is 1.45. The number of carbonyl (C=O) groups is 1. The predicted octanol–water partition coefficient (Wildman–Crippen LogP) is 2.70. The average Bonchev–Trinajstić information content (AvgIpc) is 3.14. The Bertz CT molecular complexity index is 505. The van der Waals surface area contributed by atoms with Crippen LogP contribution in [0.5, 0.6) is 0 Å². The summed E-state index contributed by atoms with van der Waals surface area (Å²) in [5.74, 6) is 0.342. The third-order valence-electron chi connectivity index (χ3n) is 5.66. The Labute approximate surface area is 150 Å². The number of thiophene rings is 1. The van der Waals surface area contributed by atoms with Crippen molar-refractivity contribution >= 4 is 17.2 Å². The van der Waals surface area contributed by atoms with Gasteiger partial charge in [0.2, 0.25) is 5.91 Å². The average molecular weight is 350 g/mol. The Morgan fingerprint density at radius 3 is 2.33 bits per heavy atom. The zero-order chi connectivity index (χ0) is 16.9. The minimum absolute atomic E-state index is 0.0393. The minimum atomic E-state index is 0.0393. The lowest BCUT2D eigenvalue weighted by Gasteiger charge is -2.41. The van der Waals surface area contributed by atoms with Gasteiger partial charge in [-0.05, 0) is 61.9 Å². The Hall–Kier alpha value is -0.910. The second kappa shape index (κ2) is 8.45. The van der Waals surface area contributed by atoms with Crippen LogP contribution in [0.1, 0.15) is 38.7 Å². The molecule has 3 rings (SSSR count). The molecular formula is C19H31N3OS. The molecule has 2 atom stereocenters. The van der Waals surface area contributed by atoms with Gasteiger partial charge in [-0.1, -0.05) is 0 Å². The maximum atomic E-state index is 12.7. The van der Waals surface area contributed by atoms with Crippen LogP contribution >= 0.6 is 11.3 Å². The van der Waals surface area contributed by atoms with E-state index in [0.29, 0.717) is 11.9 Å². The van der Waals surface area contributed by atoms with Crippen LogP contribution in [-0.4, -0.2) is 72.0 Å². The van der Waals surface area contributed by atoms with Crippen molar-refractivity contribution in [3.63, 3.8) is 0 Å². The van der Waals surface area contributed by atoms with Crippen molar-refractivity contribution in [1.82, 2.24) is 14.7 Å². The predicted molar refractivity (Wildman–Crippen MR) is 101 cm³/mol. The molecule has 0 N–H and O–H groups in total. The third kappa shape index (κ3) is 4.38. The minimum Gasteiger partial charge on any atom is -0.341 e. The molecule has 3 heterocycles. The second-order valence-corrected chi connectivity index (χ2v) is 8.10. The van der Waals surface area contributed by atoms with Gasteiger partial charge in [0.15, 0.2) is 0 Å². The molecule has 2 fully saturated rings.